The smallest absolute Gasteiger partial charge is 0.101 e. The summed E-state index contributed by atoms with van der Waals surface area (Å²) in [5, 5.41) is 10.1. The van der Waals surface area contributed by atoms with Crippen LogP contribution in [0.2, 0.25) is 0 Å². The van der Waals surface area contributed by atoms with Crippen molar-refractivity contribution in [2.75, 3.05) is 24.6 Å². The number of anilines is 1. The van der Waals surface area contributed by atoms with Crippen molar-refractivity contribution in [3.8, 4) is 6.07 Å². The molecule has 1 aliphatic rings. The molecule has 0 spiro atoms. The van der Waals surface area contributed by atoms with E-state index in [1.165, 1.54) is 0 Å². The van der Waals surface area contributed by atoms with Crippen molar-refractivity contribution >= 4 is 21.6 Å². The number of halogens is 1. The van der Waals surface area contributed by atoms with Gasteiger partial charge in [0.1, 0.15) is 6.07 Å². The summed E-state index contributed by atoms with van der Waals surface area (Å²) in [6.07, 6.45) is 1.23. The Morgan fingerprint density at radius 1 is 1.56 bits per heavy atom. The van der Waals surface area contributed by atoms with E-state index in [0.29, 0.717) is 0 Å². The van der Waals surface area contributed by atoms with Crippen LogP contribution in [0.5, 0.6) is 0 Å². The van der Waals surface area contributed by atoms with Crippen molar-refractivity contribution in [1.82, 2.24) is 0 Å². The highest BCUT2D eigenvalue weighted by Crippen LogP contribution is 2.24. The minimum absolute atomic E-state index is 0.217. The third-order valence-electron chi connectivity index (χ3n) is 3.13. The van der Waals surface area contributed by atoms with Gasteiger partial charge in [-0.15, -0.1) is 0 Å². The first-order valence-corrected chi connectivity index (χ1v) is 7.32. The fraction of sp³-hybridized carbons (Fsp3) is 0.500. The van der Waals surface area contributed by atoms with Gasteiger partial charge in [0.15, 0.2) is 0 Å². The molecule has 4 heteroatoms. The molecule has 3 nitrogen and oxygen atoms in total. The predicted molar refractivity (Wildman–Crippen MR) is 76.0 cm³/mol. The molecule has 0 aliphatic carbocycles. The molecule has 0 amide bonds. The summed E-state index contributed by atoms with van der Waals surface area (Å²) in [6.45, 7) is 4.69. The van der Waals surface area contributed by atoms with Crippen LogP contribution in [-0.4, -0.2) is 25.8 Å². The summed E-state index contributed by atoms with van der Waals surface area (Å²) in [5.74, 6) is 0. The fourth-order valence-electron chi connectivity index (χ4n) is 2.24. The number of hydrogen-bond acceptors (Lipinski definition) is 3. The average molecular weight is 309 g/mol. The monoisotopic (exact) mass is 308 g/mol. The van der Waals surface area contributed by atoms with Crippen LogP contribution >= 0.6 is 15.9 Å². The average Bonchev–Trinajstić information content (AvgIpc) is 2.62. The van der Waals surface area contributed by atoms with E-state index in [-0.39, 0.29) is 6.10 Å². The molecule has 1 atom stereocenters. The van der Waals surface area contributed by atoms with E-state index in [1.54, 1.807) is 0 Å². The van der Waals surface area contributed by atoms with Crippen LogP contribution in [0.4, 0.5) is 5.69 Å². The number of ether oxygens (including phenoxy) is 1. The second kappa shape index (κ2) is 6.21. The minimum Gasteiger partial charge on any atom is -0.377 e. The van der Waals surface area contributed by atoms with Gasteiger partial charge in [0.05, 0.1) is 17.4 Å². The third-order valence-corrected chi connectivity index (χ3v) is 3.78. The van der Waals surface area contributed by atoms with Gasteiger partial charge in [0.25, 0.3) is 0 Å². The van der Waals surface area contributed by atoms with Gasteiger partial charge in [-0.25, -0.2) is 0 Å². The first-order valence-electron chi connectivity index (χ1n) is 6.20. The van der Waals surface area contributed by atoms with E-state index in [2.05, 4.69) is 39.9 Å². The number of nitriles is 1. The normalized spacial score (nSPS) is 20.3. The zero-order valence-electron chi connectivity index (χ0n) is 10.5. The van der Waals surface area contributed by atoms with Crippen molar-refractivity contribution in [2.24, 2.45) is 0 Å². The molecular weight excluding hydrogens is 292 g/mol. The second-order valence-electron chi connectivity index (χ2n) is 4.58. The zero-order valence-corrected chi connectivity index (χ0v) is 12.1. The molecule has 1 unspecified atom stereocenters. The van der Waals surface area contributed by atoms with Crippen molar-refractivity contribution in [1.29, 1.82) is 5.26 Å². The molecule has 1 aromatic rings. The number of alkyl halides is 1. The first-order chi connectivity index (χ1) is 8.74. The quantitative estimate of drug-likeness (QED) is 0.788. The first kappa shape index (κ1) is 13.4. The van der Waals surface area contributed by atoms with Crippen molar-refractivity contribution in [3.05, 3.63) is 29.3 Å². The summed E-state index contributed by atoms with van der Waals surface area (Å²) in [7, 11) is 0. The number of hydrogen-bond donors (Lipinski definition) is 0. The molecule has 0 saturated carbocycles. The lowest BCUT2D eigenvalue weighted by Crippen LogP contribution is -2.30. The lowest BCUT2D eigenvalue weighted by Gasteiger charge is -2.25. The zero-order chi connectivity index (χ0) is 13.0. The molecule has 1 aliphatic heterocycles. The Morgan fingerprint density at radius 3 is 3.11 bits per heavy atom. The highest BCUT2D eigenvalue weighted by Gasteiger charge is 2.18. The minimum atomic E-state index is 0.217. The molecule has 96 valence electrons. The van der Waals surface area contributed by atoms with Crippen LogP contribution in [0.3, 0.4) is 0 Å². The summed E-state index contributed by atoms with van der Waals surface area (Å²) < 4.78 is 5.64. The molecular formula is C14H17BrN2O. The van der Waals surface area contributed by atoms with Gasteiger partial charge in [-0.3, -0.25) is 0 Å². The predicted octanol–water partition coefficient (Wildman–Crippen LogP) is 3.07. The van der Waals surface area contributed by atoms with Gasteiger partial charge in [0.2, 0.25) is 0 Å². The molecule has 1 saturated heterocycles. The van der Waals surface area contributed by atoms with Crippen LogP contribution in [-0.2, 0) is 10.1 Å². The maximum atomic E-state index is 9.28. The highest BCUT2D eigenvalue weighted by atomic mass is 79.9. The van der Waals surface area contributed by atoms with Gasteiger partial charge in [0, 0.05) is 25.0 Å². The largest absolute Gasteiger partial charge is 0.377 e. The van der Waals surface area contributed by atoms with Crippen molar-refractivity contribution in [2.45, 2.75) is 24.8 Å². The number of rotatable bonds is 2. The molecule has 0 aromatic heterocycles. The highest BCUT2D eigenvalue weighted by molar-refractivity contribution is 9.08. The van der Waals surface area contributed by atoms with Crippen molar-refractivity contribution in [3.63, 3.8) is 0 Å². The molecule has 2 rings (SSSR count). The Kier molecular flexibility index (Phi) is 4.62. The molecule has 1 heterocycles. The summed E-state index contributed by atoms with van der Waals surface area (Å²) in [4.78, 5) is 2.26. The van der Waals surface area contributed by atoms with E-state index in [4.69, 9.17) is 4.74 Å². The lowest BCUT2D eigenvalue weighted by molar-refractivity contribution is 0.0821. The molecule has 18 heavy (non-hydrogen) atoms. The Balaban J connectivity index is 2.29. The topological polar surface area (TPSA) is 36.3 Å². The second-order valence-corrected chi connectivity index (χ2v) is 5.14. The molecule has 0 bridgehead atoms. The van der Waals surface area contributed by atoms with Crippen LogP contribution in [0.1, 0.15) is 24.5 Å². The SMILES string of the molecule is CC1CN(c2ccc(CBr)cc2C#N)CCCO1. The van der Waals surface area contributed by atoms with Gasteiger partial charge < -0.3 is 9.64 Å². The summed E-state index contributed by atoms with van der Waals surface area (Å²) in [6, 6.07) is 8.38. The summed E-state index contributed by atoms with van der Waals surface area (Å²) in [5.41, 5.74) is 2.91. The van der Waals surface area contributed by atoms with Gasteiger partial charge in [-0.1, -0.05) is 22.0 Å². The standard InChI is InChI=1S/C14H17BrN2O/c1-11-10-17(5-2-6-18-11)14-4-3-12(8-15)7-13(14)9-16/h3-4,7,11H,2,5-6,8,10H2,1H3. The van der Waals surface area contributed by atoms with Crippen LogP contribution in [0.25, 0.3) is 0 Å². The van der Waals surface area contributed by atoms with Crippen LogP contribution in [0, 0.1) is 11.3 Å². The molecule has 1 fully saturated rings. The Labute approximate surface area is 116 Å². The van der Waals surface area contributed by atoms with Crippen LogP contribution in [0.15, 0.2) is 18.2 Å². The molecule has 0 radical (unpaired) electrons. The maximum absolute atomic E-state index is 9.28. The molecule has 1 aromatic carbocycles. The van der Waals surface area contributed by atoms with E-state index < -0.39 is 0 Å². The van der Waals surface area contributed by atoms with Crippen LogP contribution < -0.4 is 4.90 Å². The Bertz CT molecular complexity index is 456. The Morgan fingerprint density at radius 2 is 2.39 bits per heavy atom. The van der Waals surface area contributed by atoms with Gasteiger partial charge in [-0.05, 0) is 31.0 Å². The number of nitrogens with zero attached hydrogens (tertiary/aromatic N) is 2. The lowest BCUT2D eigenvalue weighted by atomic mass is 10.1. The van der Waals surface area contributed by atoms with E-state index in [1.807, 2.05) is 12.1 Å². The van der Waals surface area contributed by atoms with E-state index >= 15 is 0 Å². The van der Waals surface area contributed by atoms with E-state index in [0.717, 1.165) is 48.3 Å². The summed E-state index contributed by atoms with van der Waals surface area (Å²) >= 11 is 3.42. The van der Waals surface area contributed by atoms with Gasteiger partial charge >= 0.3 is 0 Å². The van der Waals surface area contributed by atoms with Crippen molar-refractivity contribution < 1.29 is 4.74 Å². The van der Waals surface area contributed by atoms with Gasteiger partial charge in [-0.2, -0.15) is 5.26 Å². The Hall–Kier alpha value is -1.05. The maximum Gasteiger partial charge on any atom is 0.101 e. The number of benzene rings is 1. The van der Waals surface area contributed by atoms with E-state index in [9.17, 15) is 5.26 Å². The fourth-order valence-corrected chi connectivity index (χ4v) is 2.59. The third kappa shape index (κ3) is 3.04. The molecule has 0 N–H and O–H groups in total.